The van der Waals surface area contributed by atoms with Crippen LogP contribution in [0.25, 0.3) is 0 Å². The first-order chi connectivity index (χ1) is 24.6. The van der Waals surface area contributed by atoms with Gasteiger partial charge >= 0.3 is 0 Å². The molecule has 1 saturated heterocycles. The van der Waals surface area contributed by atoms with E-state index < -0.39 is 5.79 Å². The van der Waals surface area contributed by atoms with Crippen LogP contribution < -0.4 is 9.47 Å². The summed E-state index contributed by atoms with van der Waals surface area (Å²) in [6.45, 7) is 11.1. The van der Waals surface area contributed by atoms with E-state index >= 15 is 0 Å². The molecule has 4 aliphatic rings. The third kappa shape index (κ3) is 8.59. The van der Waals surface area contributed by atoms with E-state index in [1.807, 2.05) is 43.2 Å². The zero-order valence-corrected chi connectivity index (χ0v) is 30.4. The molecule has 10 heteroatoms. The molecule has 0 spiro atoms. The molecule has 2 aromatic rings. The lowest BCUT2D eigenvalue weighted by Gasteiger charge is -2.58. The minimum atomic E-state index is -0.960. The van der Waals surface area contributed by atoms with E-state index in [1.165, 1.54) is 5.56 Å². The van der Waals surface area contributed by atoms with Crippen LogP contribution in [-0.4, -0.2) is 95.3 Å². The van der Waals surface area contributed by atoms with Crippen LogP contribution in [0.4, 0.5) is 0 Å². The van der Waals surface area contributed by atoms with Crippen molar-refractivity contribution < 1.29 is 29.3 Å². The van der Waals surface area contributed by atoms with E-state index in [4.69, 9.17) is 24.2 Å². The van der Waals surface area contributed by atoms with E-state index in [0.717, 1.165) is 98.7 Å². The van der Waals surface area contributed by atoms with Crippen molar-refractivity contribution in [2.45, 2.75) is 75.2 Å². The Morgan fingerprint density at radius 3 is 2.64 bits per heavy atom. The maximum Gasteiger partial charge on any atom is 0.230 e. The quantitative estimate of drug-likeness (QED) is 0.0661. The number of aryl methyl sites for hydroxylation is 1. The van der Waals surface area contributed by atoms with Gasteiger partial charge in [0.1, 0.15) is 24.7 Å². The summed E-state index contributed by atoms with van der Waals surface area (Å²) in [4.78, 5) is 12.4. The summed E-state index contributed by atoms with van der Waals surface area (Å²) in [5, 5.41) is 24.3. The number of aliphatic hydroxyl groups is 2. The molecule has 3 heterocycles. The summed E-state index contributed by atoms with van der Waals surface area (Å²) in [5.41, 5.74) is 4.53. The predicted molar refractivity (Wildman–Crippen MR) is 199 cm³/mol. The third-order valence-corrected chi connectivity index (χ3v) is 11.9. The Bertz CT molecular complexity index is 1450. The second-order valence-electron chi connectivity index (χ2n) is 13.8. The average Bonchev–Trinajstić information content (AvgIpc) is 3.97. The van der Waals surface area contributed by atoms with Crippen LogP contribution in [0.1, 0.15) is 68.9 Å². The van der Waals surface area contributed by atoms with Crippen LogP contribution >= 0.6 is 11.8 Å². The Morgan fingerprint density at radius 1 is 1.10 bits per heavy atom. The topological polar surface area (TPSA) is 106 Å². The van der Waals surface area contributed by atoms with E-state index in [1.54, 1.807) is 0 Å². The lowest BCUT2D eigenvalue weighted by Crippen LogP contribution is -2.64. The lowest BCUT2D eigenvalue weighted by atomic mass is 9.56. The molecule has 1 saturated carbocycles. The second-order valence-corrected chi connectivity index (χ2v) is 15.1. The highest BCUT2D eigenvalue weighted by atomic mass is 32.2. The summed E-state index contributed by atoms with van der Waals surface area (Å²) in [6, 6.07) is 10.5. The fourth-order valence-electron chi connectivity index (χ4n) is 8.16. The normalized spacial score (nSPS) is 27.5. The minimum absolute atomic E-state index is 0.0613. The highest BCUT2D eigenvalue weighted by Gasteiger charge is 2.63. The molecule has 272 valence electrons. The highest BCUT2D eigenvalue weighted by Crippen LogP contribution is 2.62. The van der Waals surface area contributed by atoms with Crippen LogP contribution in [0.2, 0.25) is 0 Å². The van der Waals surface area contributed by atoms with Gasteiger partial charge in [0.15, 0.2) is 0 Å². The van der Waals surface area contributed by atoms with Crippen molar-refractivity contribution in [1.29, 1.82) is 0 Å². The van der Waals surface area contributed by atoms with E-state index in [9.17, 15) is 10.2 Å². The van der Waals surface area contributed by atoms with Gasteiger partial charge in [-0.15, -0.1) is 6.58 Å². The van der Waals surface area contributed by atoms with Gasteiger partial charge in [0.05, 0.1) is 23.5 Å². The number of aliphatic hydroxyl groups excluding tert-OH is 2. The second kappa shape index (κ2) is 18.0. The average molecular weight is 706 g/mol. The van der Waals surface area contributed by atoms with Gasteiger partial charge in [0.2, 0.25) is 5.79 Å². The number of rotatable bonds is 21. The van der Waals surface area contributed by atoms with Crippen molar-refractivity contribution in [1.82, 2.24) is 9.88 Å². The Morgan fingerprint density at radius 2 is 1.90 bits per heavy atom. The molecule has 2 fully saturated rings. The zero-order valence-electron chi connectivity index (χ0n) is 29.6. The number of ether oxygens (including phenoxy) is 3. The molecule has 0 amide bonds. The van der Waals surface area contributed by atoms with Crippen LogP contribution in [0.15, 0.2) is 72.2 Å². The van der Waals surface area contributed by atoms with Crippen molar-refractivity contribution in [3.8, 4) is 11.5 Å². The zero-order chi connectivity index (χ0) is 34.8. The van der Waals surface area contributed by atoms with Gasteiger partial charge in [0, 0.05) is 63.1 Å². The number of pyridine rings is 1. The Labute approximate surface area is 302 Å². The van der Waals surface area contributed by atoms with Crippen LogP contribution in [0.5, 0.6) is 11.5 Å². The fourth-order valence-corrected chi connectivity index (χ4v) is 9.57. The van der Waals surface area contributed by atoms with Gasteiger partial charge in [-0.2, -0.15) is 11.8 Å². The molecule has 0 radical (unpaired) electrons. The summed E-state index contributed by atoms with van der Waals surface area (Å²) in [6.07, 6.45) is 14.8. The Kier molecular flexibility index (Phi) is 13.3. The molecule has 0 bridgehead atoms. The Hall–Kier alpha value is -2.89. The first-order valence-electron chi connectivity index (χ1n) is 18.7. The number of hydrogen-bond donors (Lipinski definition) is 2. The molecule has 50 heavy (non-hydrogen) atoms. The molecular weight excluding hydrogens is 651 g/mol. The predicted octanol–water partition coefficient (Wildman–Crippen LogP) is 6.41. The summed E-state index contributed by atoms with van der Waals surface area (Å²) >= 11 is 1.88. The number of fused-ring (bicyclic) bond motifs is 2. The van der Waals surface area contributed by atoms with Crippen molar-refractivity contribution in [3.05, 3.63) is 78.2 Å². The monoisotopic (exact) mass is 705 g/mol. The van der Waals surface area contributed by atoms with Gasteiger partial charge in [0.25, 0.3) is 0 Å². The molecule has 2 aliphatic heterocycles. The minimum Gasteiger partial charge on any atom is -0.492 e. The van der Waals surface area contributed by atoms with E-state index in [2.05, 4.69) is 46.8 Å². The number of allylic oxidation sites excluding steroid dienone is 1. The molecule has 9 nitrogen and oxygen atoms in total. The molecule has 6 rings (SSSR count). The number of oxime groups is 1. The molecule has 1 aromatic heterocycles. The van der Waals surface area contributed by atoms with Gasteiger partial charge in [-0.1, -0.05) is 30.1 Å². The molecular formula is C40H55N3O6S. The summed E-state index contributed by atoms with van der Waals surface area (Å²) in [5.74, 6) is 2.09. The number of hydrogen-bond acceptors (Lipinski definition) is 10. The van der Waals surface area contributed by atoms with Gasteiger partial charge < -0.3 is 29.3 Å². The van der Waals surface area contributed by atoms with Crippen LogP contribution in [0.3, 0.4) is 0 Å². The Balaban J connectivity index is 1.45. The van der Waals surface area contributed by atoms with Crippen LogP contribution in [0, 0.1) is 17.8 Å². The first kappa shape index (κ1) is 36.9. The van der Waals surface area contributed by atoms with E-state index in [-0.39, 0.29) is 42.1 Å². The number of benzene rings is 1. The maximum absolute atomic E-state index is 9.83. The van der Waals surface area contributed by atoms with E-state index in [0.29, 0.717) is 26.2 Å². The molecule has 2 aliphatic carbocycles. The number of thioether (sulfide) groups is 1. The molecule has 2 N–H and O–H groups in total. The number of nitrogens with zero attached hydrogens (tertiary/aromatic N) is 3. The molecule has 6 atom stereocenters. The highest BCUT2D eigenvalue weighted by molar-refractivity contribution is 8.00. The van der Waals surface area contributed by atoms with Crippen molar-refractivity contribution >= 4 is 17.5 Å². The smallest absolute Gasteiger partial charge is 0.230 e. The maximum atomic E-state index is 9.83. The number of aromatic nitrogens is 1. The van der Waals surface area contributed by atoms with Crippen LogP contribution in [-0.2, 0) is 16.0 Å². The first-order valence-corrected chi connectivity index (χ1v) is 19.7. The van der Waals surface area contributed by atoms with Gasteiger partial charge in [-0.05, 0) is 98.1 Å². The van der Waals surface area contributed by atoms with Crippen molar-refractivity contribution in [2.24, 2.45) is 22.9 Å². The standard InChI is InChI=1S/C40H55N3O6S/c1-3-23-47-40-37(50-25-15-29-13-16-41-17-14-29)28-35(42-48-4-2)33-26-30(9-5-7-21-44)32(10-6-8-22-45)38(39(33)40)34-27-31(11-12-36(34)49-40)46-24-20-43-18-19-43/h3,11-14,16-17,26-27,30,32,37-39,44-45H,1,4-10,15,18-25,28H2,2H3/t30-,32+,37-,38+,39+,40+/m0/s1. The van der Waals surface area contributed by atoms with Crippen molar-refractivity contribution in [2.75, 3.05) is 58.4 Å². The third-order valence-electron chi connectivity index (χ3n) is 10.6. The summed E-state index contributed by atoms with van der Waals surface area (Å²) < 4.78 is 20.6. The summed E-state index contributed by atoms with van der Waals surface area (Å²) in [7, 11) is 0. The molecule has 1 aromatic carbocycles. The SMILES string of the molecule is C=CCO[C@@]12Oc3ccc(OCCN4CC4)cc3[C@H]3[C@H](CCCCO)[C@@H](CCCCO)C=C(C(=NOCC)C[C@@H]1SCCc1ccncc1)[C@H]32. The van der Waals surface area contributed by atoms with Gasteiger partial charge in [-0.3, -0.25) is 9.88 Å². The molecule has 0 unspecified atom stereocenters. The van der Waals surface area contributed by atoms with Crippen molar-refractivity contribution in [3.63, 3.8) is 0 Å². The lowest BCUT2D eigenvalue weighted by molar-refractivity contribution is -0.223. The van der Waals surface area contributed by atoms with Gasteiger partial charge in [-0.25, -0.2) is 0 Å². The fraction of sp³-hybridized carbons (Fsp3) is 0.600. The number of unbranched alkanes of at least 4 members (excludes halogenated alkanes) is 2. The largest absolute Gasteiger partial charge is 0.492 e.